The molecule has 0 atom stereocenters. The van der Waals surface area contributed by atoms with Gasteiger partial charge in [0.1, 0.15) is 17.1 Å². The Bertz CT molecular complexity index is 858. The molecule has 0 aliphatic heterocycles. The molecule has 0 spiro atoms. The maximum Gasteiger partial charge on any atom is 0.132 e. The third-order valence-electron chi connectivity index (χ3n) is 6.00. The summed E-state index contributed by atoms with van der Waals surface area (Å²) in [6, 6.07) is 27.4. The molecule has 32 heavy (non-hydrogen) atoms. The molecule has 0 unspecified atom stereocenters. The quantitative estimate of drug-likeness (QED) is 0.325. The lowest BCUT2D eigenvalue weighted by molar-refractivity contribution is 0.486. The van der Waals surface area contributed by atoms with Crippen LogP contribution in [0.25, 0.3) is 0 Å². The molecular formula is C29H44N3+3. The van der Waals surface area contributed by atoms with E-state index < -0.39 is 0 Å². The van der Waals surface area contributed by atoms with Gasteiger partial charge in [-0.1, -0.05) is 43.8 Å². The van der Waals surface area contributed by atoms with Crippen molar-refractivity contribution in [2.45, 2.75) is 13.3 Å². The van der Waals surface area contributed by atoms with E-state index in [1.54, 1.807) is 0 Å². The first-order valence-corrected chi connectivity index (χ1v) is 11.0. The first-order chi connectivity index (χ1) is 14.3. The normalized spacial score (nSPS) is 12.6. The largest absolute Gasteiger partial charge is 0.298 e. The minimum atomic E-state index is 0. The number of nitrogens with zero attached hydrogens (tertiary/aromatic N) is 3. The van der Waals surface area contributed by atoms with Gasteiger partial charge in [-0.25, -0.2) is 0 Å². The Morgan fingerprint density at radius 3 is 0.719 bits per heavy atom. The van der Waals surface area contributed by atoms with Gasteiger partial charge in [0.15, 0.2) is 0 Å². The lowest BCUT2D eigenvalue weighted by Gasteiger charge is -2.27. The van der Waals surface area contributed by atoms with E-state index in [0.29, 0.717) is 0 Å². The van der Waals surface area contributed by atoms with E-state index in [4.69, 9.17) is 0 Å². The second-order valence-electron chi connectivity index (χ2n) is 11.2. The van der Waals surface area contributed by atoms with Crippen molar-refractivity contribution in [2.75, 3.05) is 63.4 Å². The molecule has 3 aromatic rings. The zero-order chi connectivity index (χ0) is 23.0. The van der Waals surface area contributed by atoms with Gasteiger partial charge in [0.05, 0.1) is 63.4 Å². The van der Waals surface area contributed by atoms with Crippen LogP contribution in [0.2, 0.25) is 0 Å². The van der Waals surface area contributed by atoms with Crippen LogP contribution >= 0.6 is 0 Å². The number of hydrogen-bond donors (Lipinski definition) is 0. The van der Waals surface area contributed by atoms with E-state index in [1.807, 2.05) is 0 Å². The first kappa shape index (κ1) is 25.8. The molecule has 3 rings (SSSR count). The smallest absolute Gasteiger partial charge is 0.132 e. The van der Waals surface area contributed by atoms with Crippen LogP contribution in [-0.2, 0) is 0 Å². The number of quaternary nitrogens is 3. The molecule has 0 fully saturated rings. The van der Waals surface area contributed by atoms with Gasteiger partial charge >= 0.3 is 0 Å². The van der Waals surface area contributed by atoms with Crippen LogP contribution in [0.1, 0.15) is 30.0 Å². The Morgan fingerprint density at radius 2 is 0.562 bits per heavy atom. The van der Waals surface area contributed by atoms with Crippen molar-refractivity contribution in [3.63, 3.8) is 0 Å². The fourth-order valence-corrected chi connectivity index (χ4v) is 3.92. The molecule has 0 aliphatic carbocycles. The summed E-state index contributed by atoms with van der Waals surface area (Å²) >= 11 is 0. The van der Waals surface area contributed by atoms with Crippen molar-refractivity contribution in [3.05, 3.63) is 89.5 Å². The molecule has 3 nitrogen and oxygen atoms in total. The minimum Gasteiger partial charge on any atom is -0.298 e. The van der Waals surface area contributed by atoms with Gasteiger partial charge < -0.3 is 0 Å². The molecule has 3 heteroatoms. The number of benzene rings is 3. The fraction of sp³-hybridized carbons (Fsp3) is 0.379. The maximum atomic E-state index is 2.30. The summed E-state index contributed by atoms with van der Waals surface area (Å²) in [4.78, 5) is 0. The van der Waals surface area contributed by atoms with Gasteiger partial charge in [0.25, 0.3) is 0 Å². The molecule has 0 radical (unpaired) electrons. The highest BCUT2D eigenvalue weighted by atomic mass is 15.3. The van der Waals surface area contributed by atoms with Crippen molar-refractivity contribution < 1.29 is 0 Å². The van der Waals surface area contributed by atoms with Crippen LogP contribution in [0.15, 0.2) is 72.8 Å². The van der Waals surface area contributed by atoms with Gasteiger partial charge in [-0.3, -0.25) is 13.4 Å². The zero-order valence-corrected chi connectivity index (χ0v) is 20.8. The van der Waals surface area contributed by atoms with E-state index in [-0.39, 0.29) is 13.3 Å². The van der Waals surface area contributed by atoms with Crippen molar-refractivity contribution in [1.29, 1.82) is 0 Å². The van der Waals surface area contributed by atoms with Crippen LogP contribution in [0.3, 0.4) is 0 Å². The Kier molecular flexibility index (Phi) is 7.41. The van der Waals surface area contributed by atoms with E-state index in [2.05, 4.69) is 136 Å². The lowest BCUT2D eigenvalue weighted by Crippen LogP contribution is -2.34. The first-order valence-electron chi connectivity index (χ1n) is 11.0. The molecule has 0 N–H and O–H groups in total. The average molecular weight is 435 g/mol. The summed E-state index contributed by atoms with van der Waals surface area (Å²) < 4.78 is 2.46. The van der Waals surface area contributed by atoms with Crippen molar-refractivity contribution in [1.82, 2.24) is 13.4 Å². The van der Waals surface area contributed by atoms with Crippen LogP contribution in [0.5, 0.6) is 0 Å². The molecule has 0 bridgehead atoms. The SMILES string of the molecule is C.C[N+](C)(C)c1ccc(C(c2ccc([N+](C)(C)C)cc2)c2ccc([N+](C)(C)C)cc2)cc1. The van der Waals surface area contributed by atoms with Gasteiger partial charge in [0.2, 0.25) is 0 Å². The van der Waals surface area contributed by atoms with Gasteiger partial charge in [0, 0.05) is 5.92 Å². The average Bonchev–Trinajstić information content (AvgIpc) is 2.67. The second-order valence-corrected chi connectivity index (χ2v) is 11.2. The Hall–Kier alpha value is -2.46. The molecule has 0 aromatic heterocycles. The Balaban J connectivity index is 0.00000363. The number of rotatable bonds is 6. The molecule has 0 saturated carbocycles. The minimum absolute atomic E-state index is 0. The van der Waals surface area contributed by atoms with Crippen molar-refractivity contribution in [2.24, 2.45) is 0 Å². The van der Waals surface area contributed by atoms with Gasteiger partial charge in [-0.15, -0.1) is 0 Å². The number of hydrogen-bond acceptors (Lipinski definition) is 0. The monoisotopic (exact) mass is 434 g/mol. The summed E-state index contributed by atoms with van der Waals surface area (Å²) in [5.41, 5.74) is 7.91. The summed E-state index contributed by atoms with van der Waals surface area (Å²) in [6.07, 6.45) is 0. The van der Waals surface area contributed by atoms with E-state index in [0.717, 1.165) is 13.4 Å². The van der Waals surface area contributed by atoms with Crippen LogP contribution in [0.4, 0.5) is 17.1 Å². The molecular weight excluding hydrogens is 390 g/mol. The van der Waals surface area contributed by atoms with Crippen LogP contribution in [-0.4, -0.2) is 63.4 Å². The Morgan fingerprint density at radius 1 is 0.375 bits per heavy atom. The topological polar surface area (TPSA) is 0 Å². The molecule has 0 amide bonds. The molecule has 0 saturated heterocycles. The van der Waals surface area contributed by atoms with Crippen LogP contribution in [0, 0.1) is 0 Å². The van der Waals surface area contributed by atoms with Gasteiger partial charge in [-0.05, 0) is 53.1 Å². The van der Waals surface area contributed by atoms with Gasteiger partial charge in [-0.2, -0.15) is 0 Å². The lowest BCUT2D eigenvalue weighted by atomic mass is 9.84. The summed E-state index contributed by atoms with van der Waals surface area (Å²) in [5, 5.41) is 0. The molecule has 172 valence electrons. The van der Waals surface area contributed by atoms with E-state index >= 15 is 0 Å². The highest BCUT2D eigenvalue weighted by Crippen LogP contribution is 2.35. The zero-order valence-electron chi connectivity index (χ0n) is 20.8. The van der Waals surface area contributed by atoms with E-state index in [9.17, 15) is 0 Å². The summed E-state index contributed by atoms with van der Waals surface area (Å²) in [5.74, 6) is 0.213. The standard InChI is InChI=1S/C28H40N3.CH4/c1-29(2,3)25-16-10-22(11-17-25)28(23-12-18-26(19-13-23)30(4,5)6)24-14-20-27(21-15-24)31(7,8)9;/h10-21,28H,1-9H3;1H4/q+3;. The third kappa shape index (κ3) is 5.86. The summed E-state index contributed by atoms with van der Waals surface area (Å²) in [6.45, 7) is 0. The summed E-state index contributed by atoms with van der Waals surface area (Å²) in [7, 11) is 19.9. The maximum absolute atomic E-state index is 2.30. The van der Waals surface area contributed by atoms with Crippen molar-refractivity contribution >= 4 is 17.1 Å². The predicted molar refractivity (Wildman–Crippen MR) is 146 cm³/mol. The fourth-order valence-electron chi connectivity index (χ4n) is 3.92. The molecule has 3 aromatic carbocycles. The highest BCUT2D eigenvalue weighted by Gasteiger charge is 2.21. The third-order valence-corrected chi connectivity index (χ3v) is 6.00. The Labute approximate surface area is 196 Å². The molecule has 0 heterocycles. The predicted octanol–water partition coefficient (Wildman–Crippen LogP) is 6.09. The van der Waals surface area contributed by atoms with E-state index in [1.165, 1.54) is 33.8 Å². The molecule has 0 aliphatic rings. The van der Waals surface area contributed by atoms with Crippen molar-refractivity contribution in [3.8, 4) is 0 Å². The second kappa shape index (κ2) is 9.19. The highest BCUT2D eigenvalue weighted by molar-refractivity contribution is 5.53. The van der Waals surface area contributed by atoms with Crippen LogP contribution < -0.4 is 13.4 Å².